The van der Waals surface area contributed by atoms with Crippen LogP contribution in [0.1, 0.15) is 16.1 Å². The van der Waals surface area contributed by atoms with Crippen LogP contribution < -0.4 is 5.32 Å². The van der Waals surface area contributed by atoms with Crippen molar-refractivity contribution in [1.29, 1.82) is 0 Å². The Hall–Kier alpha value is -2.50. The lowest BCUT2D eigenvalue weighted by molar-refractivity contribution is 0.0593. The van der Waals surface area contributed by atoms with Gasteiger partial charge in [-0.3, -0.25) is 4.98 Å². The summed E-state index contributed by atoms with van der Waals surface area (Å²) in [5.74, 6) is 0.137. The first-order valence-electron chi connectivity index (χ1n) is 5.84. The average molecular weight is 258 g/mol. The molecule has 2 aromatic rings. The van der Waals surface area contributed by atoms with Gasteiger partial charge < -0.3 is 10.1 Å². The molecule has 2 aromatic heterocycles. The molecule has 0 bridgehead atoms. The summed E-state index contributed by atoms with van der Waals surface area (Å²) in [5, 5.41) is 10.8. The van der Waals surface area contributed by atoms with Crippen molar-refractivity contribution in [3.63, 3.8) is 0 Å². The number of hydrogen-bond acceptors (Lipinski definition) is 6. The van der Waals surface area contributed by atoms with E-state index in [2.05, 4.69) is 25.2 Å². The van der Waals surface area contributed by atoms with Crippen LogP contribution in [0, 0.1) is 0 Å². The van der Waals surface area contributed by atoms with E-state index in [1.807, 2.05) is 12.1 Å². The summed E-state index contributed by atoms with van der Waals surface area (Å²) in [6, 6.07) is 7.21. The second kappa shape index (κ2) is 6.44. The molecule has 0 amide bonds. The maximum atomic E-state index is 11.2. The largest absolute Gasteiger partial charge is 0.464 e. The molecule has 0 aliphatic carbocycles. The Morgan fingerprint density at radius 2 is 2.00 bits per heavy atom. The number of aromatic nitrogens is 3. The molecular weight excluding hydrogens is 244 g/mol. The smallest absolute Gasteiger partial charge is 0.358 e. The Kier molecular flexibility index (Phi) is 4.39. The summed E-state index contributed by atoms with van der Waals surface area (Å²) < 4.78 is 4.55. The second-order valence-corrected chi connectivity index (χ2v) is 3.83. The molecule has 0 saturated heterocycles. The van der Waals surface area contributed by atoms with Crippen LogP contribution in [0.2, 0.25) is 0 Å². The lowest BCUT2D eigenvalue weighted by Crippen LogP contribution is -2.10. The van der Waals surface area contributed by atoms with E-state index in [4.69, 9.17) is 0 Å². The molecule has 6 heteroatoms. The van der Waals surface area contributed by atoms with Gasteiger partial charge in [0.2, 0.25) is 0 Å². The molecule has 0 aliphatic rings. The lowest BCUT2D eigenvalue weighted by Gasteiger charge is -2.05. The third-order valence-corrected chi connectivity index (χ3v) is 2.53. The third-order valence-electron chi connectivity index (χ3n) is 2.53. The number of carbonyl (C=O) groups is 1. The first-order chi connectivity index (χ1) is 9.29. The van der Waals surface area contributed by atoms with Crippen molar-refractivity contribution in [2.75, 3.05) is 19.0 Å². The highest BCUT2D eigenvalue weighted by Crippen LogP contribution is 2.04. The molecular formula is C13H14N4O2. The fraction of sp³-hybridized carbons (Fsp3) is 0.231. The Balaban J connectivity index is 1.85. The number of carbonyl (C=O) groups excluding carboxylic acids is 1. The van der Waals surface area contributed by atoms with Crippen molar-refractivity contribution >= 4 is 11.8 Å². The highest BCUT2D eigenvalue weighted by molar-refractivity contribution is 5.86. The molecule has 0 aliphatic heterocycles. The van der Waals surface area contributed by atoms with Gasteiger partial charge in [0, 0.05) is 18.9 Å². The molecule has 19 heavy (non-hydrogen) atoms. The van der Waals surface area contributed by atoms with Gasteiger partial charge in [0.1, 0.15) is 5.82 Å². The monoisotopic (exact) mass is 258 g/mol. The number of anilines is 1. The van der Waals surface area contributed by atoms with Gasteiger partial charge in [-0.15, -0.1) is 10.2 Å². The Morgan fingerprint density at radius 1 is 1.21 bits per heavy atom. The van der Waals surface area contributed by atoms with Crippen molar-refractivity contribution in [3.05, 3.63) is 47.9 Å². The first-order valence-corrected chi connectivity index (χ1v) is 5.84. The van der Waals surface area contributed by atoms with E-state index in [1.165, 1.54) is 12.7 Å². The van der Waals surface area contributed by atoms with E-state index in [9.17, 15) is 4.79 Å². The van der Waals surface area contributed by atoms with Gasteiger partial charge in [-0.1, -0.05) is 0 Å². The van der Waals surface area contributed by atoms with Gasteiger partial charge in [-0.05, 0) is 36.2 Å². The minimum Gasteiger partial charge on any atom is -0.464 e. The summed E-state index contributed by atoms with van der Waals surface area (Å²) in [5.41, 5.74) is 1.39. The van der Waals surface area contributed by atoms with Crippen molar-refractivity contribution in [2.24, 2.45) is 0 Å². The van der Waals surface area contributed by atoms with Gasteiger partial charge in [-0.25, -0.2) is 4.79 Å². The predicted molar refractivity (Wildman–Crippen MR) is 69.8 cm³/mol. The number of nitrogens with zero attached hydrogens (tertiary/aromatic N) is 3. The van der Waals surface area contributed by atoms with E-state index < -0.39 is 5.97 Å². The standard InChI is InChI=1S/C13H14N4O2/c1-19-13(18)11-2-3-12(17-16-11)15-9-6-10-4-7-14-8-5-10/h2-5,7-8H,6,9H2,1H3,(H,15,17). The summed E-state index contributed by atoms with van der Waals surface area (Å²) in [6.45, 7) is 0.732. The highest BCUT2D eigenvalue weighted by Gasteiger charge is 2.07. The first kappa shape index (κ1) is 12.9. The molecule has 2 rings (SSSR count). The number of ether oxygens (including phenoxy) is 1. The molecule has 0 fully saturated rings. The summed E-state index contributed by atoms with van der Waals surface area (Å²) in [7, 11) is 1.31. The SMILES string of the molecule is COC(=O)c1ccc(NCCc2ccncc2)nn1. The van der Waals surface area contributed by atoms with E-state index >= 15 is 0 Å². The number of pyridine rings is 1. The van der Waals surface area contributed by atoms with Gasteiger partial charge in [-0.2, -0.15) is 0 Å². The van der Waals surface area contributed by atoms with Crippen LogP contribution in [-0.2, 0) is 11.2 Å². The lowest BCUT2D eigenvalue weighted by atomic mass is 10.2. The average Bonchev–Trinajstić information content (AvgIpc) is 2.48. The van der Waals surface area contributed by atoms with Crippen LogP contribution in [0.25, 0.3) is 0 Å². The predicted octanol–water partition coefficient (Wildman–Crippen LogP) is 1.31. The van der Waals surface area contributed by atoms with Crippen LogP contribution in [0.5, 0.6) is 0 Å². The Morgan fingerprint density at radius 3 is 2.63 bits per heavy atom. The van der Waals surface area contributed by atoms with Gasteiger partial charge in [0.15, 0.2) is 5.69 Å². The maximum Gasteiger partial charge on any atom is 0.358 e. The number of esters is 1. The number of rotatable bonds is 5. The number of hydrogen-bond donors (Lipinski definition) is 1. The van der Waals surface area contributed by atoms with Crippen LogP contribution in [0.15, 0.2) is 36.7 Å². The molecule has 1 N–H and O–H groups in total. The van der Waals surface area contributed by atoms with Crippen molar-refractivity contribution < 1.29 is 9.53 Å². The van der Waals surface area contributed by atoms with Crippen LogP contribution in [-0.4, -0.2) is 34.8 Å². The summed E-state index contributed by atoms with van der Waals surface area (Å²) in [6.07, 6.45) is 4.39. The fourth-order valence-corrected chi connectivity index (χ4v) is 1.52. The van der Waals surface area contributed by atoms with E-state index in [1.54, 1.807) is 24.5 Å². The van der Waals surface area contributed by atoms with Crippen LogP contribution >= 0.6 is 0 Å². The summed E-state index contributed by atoms with van der Waals surface area (Å²) >= 11 is 0. The van der Waals surface area contributed by atoms with Crippen LogP contribution in [0.3, 0.4) is 0 Å². The number of nitrogens with one attached hydrogen (secondary N) is 1. The zero-order valence-electron chi connectivity index (χ0n) is 10.5. The molecule has 0 saturated carbocycles. The molecule has 0 aromatic carbocycles. The normalized spacial score (nSPS) is 9.95. The minimum atomic E-state index is -0.490. The molecule has 2 heterocycles. The van der Waals surface area contributed by atoms with Gasteiger partial charge in [0.25, 0.3) is 0 Å². The highest BCUT2D eigenvalue weighted by atomic mass is 16.5. The van der Waals surface area contributed by atoms with E-state index in [0.717, 1.165) is 13.0 Å². The fourth-order valence-electron chi connectivity index (χ4n) is 1.52. The molecule has 6 nitrogen and oxygen atoms in total. The van der Waals surface area contributed by atoms with Gasteiger partial charge in [0.05, 0.1) is 7.11 Å². The Labute approximate surface area is 110 Å². The van der Waals surface area contributed by atoms with Crippen LogP contribution in [0.4, 0.5) is 5.82 Å². The molecule has 0 atom stereocenters. The third kappa shape index (κ3) is 3.74. The second-order valence-electron chi connectivity index (χ2n) is 3.83. The molecule has 0 spiro atoms. The van der Waals surface area contributed by atoms with Crippen molar-refractivity contribution in [2.45, 2.75) is 6.42 Å². The van der Waals surface area contributed by atoms with Gasteiger partial charge >= 0.3 is 5.97 Å². The van der Waals surface area contributed by atoms with Crippen molar-refractivity contribution in [3.8, 4) is 0 Å². The van der Waals surface area contributed by atoms with E-state index in [-0.39, 0.29) is 5.69 Å². The maximum absolute atomic E-state index is 11.2. The molecule has 98 valence electrons. The minimum absolute atomic E-state index is 0.196. The van der Waals surface area contributed by atoms with Crippen molar-refractivity contribution in [1.82, 2.24) is 15.2 Å². The molecule has 0 unspecified atom stereocenters. The zero-order valence-corrected chi connectivity index (χ0v) is 10.5. The topological polar surface area (TPSA) is 77.0 Å². The van der Waals surface area contributed by atoms with E-state index in [0.29, 0.717) is 5.82 Å². The Bertz CT molecular complexity index is 528. The summed E-state index contributed by atoms with van der Waals surface area (Å²) in [4.78, 5) is 15.1. The molecule has 0 radical (unpaired) electrons. The number of methoxy groups -OCH3 is 1. The zero-order chi connectivity index (χ0) is 13.5. The quantitative estimate of drug-likeness (QED) is 0.815.